The van der Waals surface area contributed by atoms with Gasteiger partial charge >= 0.3 is 0 Å². The van der Waals surface area contributed by atoms with E-state index in [4.69, 9.17) is 16.9 Å². The second kappa shape index (κ2) is 6.48. The van der Waals surface area contributed by atoms with Crippen LogP contribution in [0.5, 0.6) is 0 Å². The number of hydrogen-bond donors (Lipinski definition) is 0. The van der Waals surface area contributed by atoms with E-state index < -0.39 is 4.92 Å². The lowest BCUT2D eigenvalue weighted by atomic mass is 10.2. The summed E-state index contributed by atoms with van der Waals surface area (Å²) in [5, 5.41) is 19.8. The summed E-state index contributed by atoms with van der Waals surface area (Å²) in [6.07, 6.45) is 0.833. The van der Waals surface area contributed by atoms with E-state index in [0.29, 0.717) is 11.1 Å². The molecule has 0 saturated heterocycles. The maximum atomic E-state index is 10.8. The molecule has 4 nitrogen and oxygen atoms in total. The van der Waals surface area contributed by atoms with Crippen LogP contribution >= 0.6 is 23.4 Å². The second-order valence-corrected chi connectivity index (χ2v) is 5.34. The Labute approximate surface area is 109 Å². The lowest BCUT2D eigenvalue weighted by Crippen LogP contribution is -1.97. The molecule has 0 saturated carbocycles. The molecule has 0 spiro atoms. The number of nitro groups is 1. The predicted octanol–water partition coefficient (Wildman–Crippen LogP) is 3.58. The minimum Gasteiger partial charge on any atom is -0.258 e. The molecule has 90 valence electrons. The average Bonchev–Trinajstić information content (AvgIpc) is 2.29. The molecule has 1 atom stereocenters. The largest absolute Gasteiger partial charge is 0.288 e. The van der Waals surface area contributed by atoms with E-state index in [1.807, 2.05) is 13.0 Å². The molecular formula is C11H11ClN2O2S. The highest BCUT2D eigenvalue weighted by Crippen LogP contribution is 2.30. The SMILES string of the molecule is CC(CCCl)Sc1ccc(C#N)c([N+](=O)[O-])c1. The zero-order valence-electron chi connectivity index (χ0n) is 9.22. The van der Waals surface area contributed by atoms with Crippen molar-refractivity contribution in [3.05, 3.63) is 33.9 Å². The molecule has 0 fully saturated rings. The number of nitrogens with zero attached hydrogens (tertiary/aromatic N) is 2. The summed E-state index contributed by atoms with van der Waals surface area (Å²) in [6, 6.07) is 6.45. The van der Waals surface area contributed by atoms with Gasteiger partial charge in [0, 0.05) is 22.1 Å². The van der Waals surface area contributed by atoms with E-state index in [0.717, 1.165) is 11.3 Å². The first kappa shape index (κ1) is 13.8. The van der Waals surface area contributed by atoms with Gasteiger partial charge in [-0.05, 0) is 18.6 Å². The highest BCUT2D eigenvalue weighted by atomic mass is 35.5. The van der Waals surface area contributed by atoms with Gasteiger partial charge in [-0.15, -0.1) is 23.4 Å². The van der Waals surface area contributed by atoms with Gasteiger partial charge in [0.2, 0.25) is 0 Å². The quantitative estimate of drug-likeness (QED) is 0.355. The fraction of sp³-hybridized carbons (Fsp3) is 0.364. The second-order valence-electron chi connectivity index (χ2n) is 3.45. The van der Waals surface area contributed by atoms with Crippen molar-refractivity contribution in [3.63, 3.8) is 0 Å². The summed E-state index contributed by atoms with van der Waals surface area (Å²) in [6.45, 7) is 2.01. The van der Waals surface area contributed by atoms with Gasteiger partial charge in [0.15, 0.2) is 0 Å². The first-order chi connectivity index (χ1) is 8.08. The highest BCUT2D eigenvalue weighted by molar-refractivity contribution is 8.00. The van der Waals surface area contributed by atoms with Crippen LogP contribution in [0, 0.1) is 21.4 Å². The molecule has 1 unspecified atom stereocenters. The Bertz CT molecular complexity index is 459. The smallest absolute Gasteiger partial charge is 0.258 e. The van der Waals surface area contributed by atoms with Crippen molar-refractivity contribution in [2.75, 3.05) is 5.88 Å². The van der Waals surface area contributed by atoms with E-state index in [1.54, 1.807) is 6.07 Å². The number of benzene rings is 1. The van der Waals surface area contributed by atoms with E-state index in [-0.39, 0.29) is 11.3 Å². The molecule has 6 heteroatoms. The Morgan fingerprint density at radius 2 is 2.35 bits per heavy atom. The molecule has 1 aromatic carbocycles. The van der Waals surface area contributed by atoms with Gasteiger partial charge in [-0.25, -0.2) is 0 Å². The number of nitro benzene ring substituents is 1. The molecule has 1 rings (SSSR count). The van der Waals surface area contributed by atoms with Crippen molar-refractivity contribution in [1.29, 1.82) is 5.26 Å². The van der Waals surface area contributed by atoms with Gasteiger partial charge in [-0.2, -0.15) is 5.26 Å². The van der Waals surface area contributed by atoms with Crippen LogP contribution in [-0.4, -0.2) is 16.1 Å². The van der Waals surface area contributed by atoms with E-state index in [1.165, 1.54) is 23.9 Å². The predicted molar refractivity (Wildman–Crippen MR) is 68.5 cm³/mol. The molecular weight excluding hydrogens is 260 g/mol. The fourth-order valence-corrected chi connectivity index (χ4v) is 2.76. The van der Waals surface area contributed by atoms with Crippen molar-refractivity contribution in [3.8, 4) is 6.07 Å². The van der Waals surface area contributed by atoms with Crippen molar-refractivity contribution < 1.29 is 4.92 Å². The summed E-state index contributed by atoms with van der Waals surface area (Å²) in [5.74, 6) is 0.562. The lowest BCUT2D eigenvalue weighted by Gasteiger charge is -2.08. The Balaban J connectivity index is 2.93. The third-order valence-electron chi connectivity index (χ3n) is 2.14. The molecule has 17 heavy (non-hydrogen) atoms. The van der Waals surface area contributed by atoms with Crippen molar-refractivity contribution >= 4 is 29.1 Å². The Hall–Kier alpha value is -1.25. The average molecular weight is 271 g/mol. The normalized spacial score (nSPS) is 11.8. The lowest BCUT2D eigenvalue weighted by molar-refractivity contribution is -0.385. The van der Waals surface area contributed by atoms with Gasteiger partial charge < -0.3 is 0 Å². The number of nitriles is 1. The molecule has 0 aliphatic rings. The number of alkyl halides is 1. The van der Waals surface area contributed by atoms with Crippen LogP contribution in [0.15, 0.2) is 23.1 Å². The summed E-state index contributed by atoms with van der Waals surface area (Å²) in [7, 11) is 0. The topological polar surface area (TPSA) is 66.9 Å². The molecule has 0 aromatic heterocycles. The summed E-state index contributed by atoms with van der Waals surface area (Å²) in [4.78, 5) is 11.0. The number of thioether (sulfide) groups is 1. The maximum absolute atomic E-state index is 10.8. The van der Waals surface area contributed by atoms with Crippen molar-refractivity contribution in [2.24, 2.45) is 0 Å². The van der Waals surface area contributed by atoms with Crippen LogP contribution in [0.1, 0.15) is 18.9 Å². The molecule has 0 amide bonds. The van der Waals surface area contributed by atoms with Gasteiger partial charge in [-0.3, -0.25) is 10.1 Å². The van der Waals surface area contributed by atoms with Crippen LogP contribution in [0.2, 0.25) is 0 Å². The third kappa shape index (κ3) is 3.91. The molecule has 1 aromatic rings. The number of rotatable bonds is 5. The zero-order chi connectivity index (χ0) is 12.8. The molecule has 0 N–H and O–H groups in total. The minimum atomic E-state index is -0.533. The van der Waals surface area contributed by atoms with Gasteiger partial charge in [-0.1, -0.05) is 6.92 Å². The molecule has 0 aliphatic carbocycles. The minimum absolute atomic E-state index is 0.0874. The Kier molecular flexibility index (Phi) is 5.26. The van der Waals surface area contributed by atoms with Crippen LogP contribution in [-0.2, 0) is 0 Å². The summed E-state index contributed by atoms with van der Waals surface area (Å²) in [5.41, 5.74) is -0.0556. The summed E-state index contributed by atoms with van der Waals surface area (Å²) >= 11 is 7.15. The number of hydrogen-bond acceptors (Lipinski definition) is 4. The standard InChI is InChI=1S/C11H11ClN2O2S/c1-8(4-5-12)17-10-3-2-9(7-13)11(6-10)14(15)16/h2-3,6,8H,4-5H2,1H3. The summed E-state index contributed by atoms with van der Waals surface area (Å²) < 4.78 is 0. The highest BCUT2D eigenvalue weighted by Gasteiger charge is 2.15. The third-order valence-corrected chi connectivity index (χ3v) is 3.52. The van der Waals surface area contributed by atoms with Gasteiger partial charge in [0.05, 0.1) is 4.92 Å². The fourth-order valence-electron chi connectivity index (χ4n) is 1.28. The molecule has 0 aliphatic heterocycles. The van der Waals surface area contributed by atoms with Gasteiger partial charge in [0.25, 0.3) is 5.69 Å². The molecule has 0 bridgehead atoms. The van der Waals surface area contributed by atoms with Gasteiger partial charge in [0.1, 0.15) is 11.6 Å². The van der Waals surface area contributed by atoms with Crippen LogP contribution in [0.25, 0.3) is 0 Å². The van der Waals surface area contributed by atoms with E-state index in [2.05, 4.69) is 0 Å². The van der Waals surface area contributed by atoms with Crippen LogP contribution in [0.3, 0.4) is 0 Å². The first-order valence-electron chi connectivity index (χ1n) is 4.99. The van der Waals surface area contributed by atoms with E-state index in [9.17, 15) is 10.1 Å². The first-order valence-corrected chi connectivity index (χ1v) is 6.41. The molecule has 0 heterocycles. The number of halogens is 1. The van der Waals surface area contributed by atoms with E-state index >= 15 is 0 Å². The van der Waals surface area contributed by atoms with Crippen molar-refractivity contribution in [2.45, 2.75) is 23.5 Å². The molecule has 0 radical (unpaired) electrons. The Morgan fingerprint density at radius 3 is 2.88 bits per heavy atom. The van der Waals surface area contributed by atoms with Crippen LogP contribution in [0.4, 0.5) is 5.69 Å². The zero-order valence-corrected chi connectivity index (χ0v) is 10.8. The van der Waals surface area contributed by atoms with Crippen molar-refractivity contribution in [1.82, 2.24) is 0 Å². The maximum Gasteiger partial charge on any atom is 0.288 e. The Morgan fingerprint density at radius 1 is 1.65 bits per heavy atom. The van der Waals surface area contributed by atoms with Crippen LogP contribution < -0.4 is 0 Å². The monoisotopic (exact) mass is 270 g/mol.